The average molecular weight is 296 g/mol. The van der Waals surface area contributed by atoms with Crippen LogP contribution < -0.4 is 11.5 Å². The number of nitrogens with two attached hydrogens (primary N) is 2. The van der Waals surface area contributed by atoms with Gasteiger partial charge in [0.1, 0.15) is 12.3 Å². The third kappa shape index (κ3) is 10.7. The van der Waals surface area contributed by atoms with Crippen molar-refractivity contribution < 1.29 is 29.6 Å². The summed E-state index contributed by atoms with van der Waals surface area (Å²) in [5.41, 5.74) is 10.7. The van der Waals surface area contributed by atoms with E-state index in [0.29, 0.717) is 17.9 Å². The van der Waals surface area contributed by atoms with Crippen molar-refractivity contribution in [2.75, 3.05) is 18.1 Å². The molecule has 0 aromatic heterocycles. The minimum Gasteiger partial charge on any atom is -0.481 e. The molecule has 0 aliphatic carbocycles. The zero-order chi connectivity index (χ0) is 14.8. The Labute approximate surface area is 115 Å². The van der Waals surface area contributed by atoms with E-state index in [-0.39, 0.29) is 13.0 Å². The lowest BCUT2D eigenvalue weighted by molar-refractivity contribution is -0.141. The standard InChI is InChI=1S/C10H20N2O6S/c11-7(10(16)17)1-2-19-5-6(13)4-18-8(12)3-9(14)15/h6-8,13H,1-5,11-12H2,(H,14,15)(H,16,17). The normalized spacial score (nSPS) is 15.7. The number of aliphatic carboxylic acids is 2. The van der Waals surface area contributed by atoms with Crippen LogP contribution >= 0.6 is 11.8 Å². The SMILES string of the molecule is NC(CC(=O)O)OCC(O)CSCCC(N)C(=O)O. The Kier molecular flexibility index (Phi) is 9.53. The van der Waals surface area contributed by atoms with Crippen molar-refractivity contribution in [3.63, 3.8) is 0 Å². The Bertz CT molecular complexity index is 291. The molecule has 0 radical (unpaired) electrons. The van der Waals surface area contributed by atoms with Gasteiger partial charge < -0.3 is 31.5 Å². The van der Waals surface area contributed by atoms with Crippen molar-refractivity contribution in [3.05, 3.63) is 0 Å². The smallest absolute Gasteiger partial charge is 0.320 e. The summed E-state index contributed by atoms with van der Waals surface area (Å²) in [4.78, 5) is 20.7. The molecule has 8 nitrogen and oxygen atoms in total. The largest absolute Gasteiger partial charge is 0.481 e. The van der Waals surface area contributed by atoms with Crippen LogP contribution in [0.2, 0.25) is 0 Å². The first-order chi connectivity index (χ1) is 8.82. The van der Waals surface area contributed by atoms with Gasteiger partial charge in [0.15, 0.2) is 0 Å². The Morgan fingerprint density at radius 2 is 1.89 bits per heavy atom. The van der Waals surface area contributed by atoms with E-state index >= 15 is 0 Å². The van der Waals surface area contributed by atoms with Crippen molar-refractivity contribution in [2.24, 2.45) is 11.5 Å². The molecule has 19 heavy (non-hydrogen) atoms. The van der Waals surface area contributed by atoms with Crippen LogP contribution in [0, 0.1) is 0 Å². The van der Waals surface area contributed by atoms with E-state index in [1.54, 1.807) is 0 Å². The van der Waals surface area contributed by atoms with Gasteiger partial charge in [0, 0.05) is 5.75 Å². The summed E-state index contributed by atoms with van der Waals surface area (Å²) in [5, 5.41) is 26.5. The van der Waals surface area contributed by atoms with Crippen LogP contribution in [-0.4, -0.2) is 63.7 Å². The Morgan fingerprint density at radius 3 is 2.42 bits per heavy atom. The van der Waals surface area contributed by atoms with Crippen molar-refractivity contribution in [2.45, 2.75) is 31.2 Å². The number of thioether (sulfide) groups is 1. The molecule has 7 N–H and O–H groups in total. The molecular weight excluding hydrogens is 276 g/mol. The molecule has 0 aliphatic heterocycles. The Balaban J connectivity index is 3.56. The lowest BCUT2D eigenvalue weighted by Crippen LogP contribution is -2.32. The molecule has 0 saturated carbocycles. The Morgan fingerprint density at radius 1 is 1.26 bits per heavy atom. The van der Waals surface area contributed by atoms with Gasteiger partial charge >= 0.3 is 11.9 Å². The van der Waals surface area contributed by atoms with Gasteiger partial charge in [0.2, 0.25) is 0 Å². The summed E-state index contributed by atoms with van der Waals surface area (Å²) < 4.78 is 4.95. The zero-order valence-corrected chi connectivity index (χ0v) is 11.2. The molecule has 0 aliphatic rings. The number of carboxylic acids is 2. The van der Waals surface area contributed by atoms with Crippen molar-refractivity contribution >= 4 is 23.7 Å². The average Bonchev–Trinajstić information content (AvgIpc) is 2.30. The highest BCUT2D eigenvalue weighted by Gasteiger charge is 2.13. The van der Waals surface area contributed by atoms with E-state index in [1.807, 2.05) is 0 Å². The van der Waals surface area contributed by atoms with Crippen molar-refractivity contribution in [1.29, 1.82) is 0 Å². The van der Waals surface area contributed by atoms with Crippen molar-refractivity contribution in [1.82, 2.24) is 0 Å². The van der Waals surface area contributed by atoms with Gasteiger partial charge in [0.25, 0.3) is 0 Å². The molecule has 0 bridgehead atoms. The molecule has 0 aromatic rings. The molecule has 0 saturated heterocycles. The summed E-state index contributed by atoms with van der Waals surface area (Å²) in [6, 6.07) is -0.898. The number of aliphatic hydroxyl groups excluding tert-OH is 1. The maximum absolute atomic E-state index is 10.4. The number of hydrogen-bond donors (Lipinski definition) is 5. The van der Waals surface area contributed by atoms with E-state index in [0.717, 1.165) is 0 Å². The number of aliphatic hydroxyl groups is 1. The van der Waals surface area contributed by atoms with Gasteiger partial charge in [-0.1, -0.05) is 0 Å². The van der Waals surface area contributed by atoms with Crippen LogP contribution in [0.5, 0.6) is 0 Å². The predicted molar refractivity (Wildman–Crippen MR) is 69.7 cm³/mol. The van der Waals surface area contributed by atoms with E-state index < -0.39 is 30.3 Å². The monoisotopic (exact) mass is 296 g/mol. The topological polar surface area (TPSA) is 156 Å². The minimum absolute atomic E-state index is 0.0631. The van der Waals surface area contributed by atoms with E-state index in [4.69, 9.17) is 26.4 Å². The predicted octanol–water partition coefficient (Wildman–Crippen LogP) is -1.34. The molecule has 9 heteroatoms. The molecule has 0 heterocycles. The summed E-state index contributed by atoms with van der Waals surface area (Å²) >= 11 is 1.34. The summed E-state index contributed by atoms with van der Waals surface area (Å²) in [6.07, 6.45) is -1.75. The van der Waals surface area contributed by atoms with E-state index in [2.05, 4.69) is 0 Å². The van der Waals surface area contributed by atoms with Gasteiger partial charge in [-0.15, -0.1) is 0 Å². The summed E-state index contributed by atoms with van der Waals surface area (Å²) in [6.45, 7) is -0.0631. The number of carboxylic acid groups (broad SMARTS) is 2. The first-order valence-electron chi connectivity index (χ1n) is 5.66. The molecule has 0 amide bonds. The number of rotatable bonds is 11. The second-order valence-corrected chi connectivity index (χ2v) is 5.08. The van der Waals surface area contributed by atoms with Crippen LogP contribution in [0.25, 0.3) is 0 Å². The molecule has 112 valence electrons. The summed E-state index contributed by atoms with van der Waals surface area (Å²) in [5.74, 6) is -1.28. The van der Waals surface area contributed by atoms with Gasteiger partial charge in [0.05, 0.1) is 19.1 Å². The van der Waals surface area contributed by atoms with Gasteiger partial charge in [-0.05, 0) is 12.2 Å². The number of ether oxygens (including phenoxy) is 1. The molecule has 3 atom stereocenters. The second-order valence-electron chi connectivity index (χ2n) is 3.93. The molecule has 3 unspecified atom stereocenters. The maximum Gasteiger partial charge on any atom is 0.320 e. The lowest BCUT2D eigenvalue weighted by Gasteiger charge is -2.15. The Hall–Kier alpha value is -0.870. The second kappa shape index (κ2) is 9.98. The minimum atomic E-state index is -1.07. The quantitative estimate of drug-likeness (QED) is 0.230. The maximum atomic E-state index is 10.4. The molecule has 0 aromatic carbocycles. The number of hydrogen-bond acceptors (Lipinski definition) is 7. The van der Waals surface area contributed by atoms with Crippen LogP contribution in [0.4, 0.5) is 0 Å². The van der Waals surface area contributed by atoms with Gasteiger partial charge in [-0.25, -0.2) is 0 Å². The van der Waals surface area contributed by atoms with Crippen molar-refractivity contribution in [3.8, 4) is 0 Å². The third-order valence-electron chi connectivity index (χ3n) is 2.08. The lowest BCUT2D eigenvalue weighted by atomic mass is 10.2. The third-order valence-corrected chi connectivity index (χ3v) is 3.22. The fraction of sp³-hybridized carbons (Fsp3) is 0.800. The first kappa shape index (κ1) is 18.1. The van der Waals surface area contributed by atoms with E-state index in [9.17, 15) is 14.7 Å². The molecule has 0 fully saturated rings. The van der Waals surface area contributed by atoms with Crippen LogP contribution in [0.3, 0.4) is 0 Å². The van der Waals surface area contributed by atoms with Crippen LogP contribution in [-0.2, 0) is 14.3 Å². The zero-order valence-electron chi connectivity index (χ0n) is 10.4. The highest BCUT2D eigenvalue weighted by molar-refractivity contribution is 7.99. The van der Waals surface area contributed by atoms with Crippen LogP contribution in [0.15, 0.2) is 0 Å². The van der Waals surface area contributed by atoms with E-state index in [1.165, 1.54) is 11.8 Å². The number of carbonyl (C=O) groups is 2. The fourth-order valence-electron chi connectivity index (χ4n) is 1.07. The summed E-state index contributed by atoms with van der Waals surface area (Å²) in [7, 11) is 0. The van der Waals surface area contributed by atoms with Gasteiger partial charge in [-0.2, -0.15) is 11.8 Å². The first-order valence-corrected chi connectivity index (χ1v) is 6.81. The van der Waals surface area contributed by atoms with Gasteiger partial charge in [-0.3, -0.25) is 9.59 Å². The highest BCUT2D eigenvalue weighted by atomic mass is 32.2. The highest BCUT2D eigenvalue weighted by Crippen LogP contribution is 2.07. The molecule has 0 rings (SSSR count). The molecule has 0 spiro atoms. The fourth-order valence-corrected chi connectivity index (χ4v) is 2.02. The van der Waals surface area contributed by atoms with Crippen LogP contribution in [0.1, 0.15) is 12.8 Å². The molecular formula is C10H20N2O6S.